The molecule has 1 aromatic carbocycles. The number of benzene rings is 1. The van der Waals surface area contributed by atoms with Crippen molar-refractivity contribution in [1.82, 2.24) is 0 Å². The van der Waals surface area contributed by atoms with Crippen LogP contribution in [0.2, 0.25) is 0 Å². The van der Waals surface area contributed by atoms with E-state index in [1.54, 1.807) is 31.2 Å². The number of anilines is 2. The summed E-state index contributed by atoms with van der Waals surface area (Å²) in [4.78, 5) is 21.8. The Bertz CT molecular complexity index is 374. The minimum absolute atomic E-state index is 0.133. The highest BCUT2D eigenvalue weighted by molar-refractivity contribution is 5.89. The zero-order chi connectivity index (χ0) is 14.0. The summed E-state index contributed by atoms with van der Waals surface area (Å²) in [6.07, 6.45) is -0.491. The summed E-state index contributed by atoms with van der Waals surface area (Å²) < 4.78 is 4.72. The van der Waals surface area contributed by atoms with Gasteiger partial charge in [0.15, 0.2) is 0 Å². The minimum Gasteiger partial charge on any atom is -0.450 e. The van der Waals surface area contributed by atoms with Crippen molar-refractivity contribution in [1.29, 1.82) is 0 Å². The lowest BCUT2D eigenvalue weighted by Crippen LogP contribution is -2.13. The molecule has 5 nitrogen and oxygen atoms in total. The van der Waals surface area contributed by atoms with Gasteiger partial charge in [0.25, 0.3) is 0 Å². The lowest BCUT2D eigenvalue weighted by atomic mass is 10.3. The van der Waals surface area contributed by atoms with Gasteiger partial charge < -0.3 is 10.1 Å². The topological polar surface area (TPSA) is 67.4 Å². The molecule has 0 bridgehead atoms. The monoisotopic (exact) mass is 252 g/mol. The first-order valence-electron chi connectivity index (χ1n) is 5.93. The number of ether oxygens (including phenoxy) is 1. The molecular formula is C13H20N2O3. The standard InChI is InChI=1S/C11H14N2O3.C2H6/c1-3-16-11(15)13-10-6-4-9(5-7-10)12-8(2)14;1-2/h4-7H,3H2,1-2H3,(H,12,14)(H,13,15);1-2H3. The quantitative estimate of drug-likeness (QED) is 0.867. The Morgan fingerprint density at radius 3 is 1.89 bits per heavy atom. The van der Waals surface area contributed by atoms with E-state index >= 15 is 0 Å². The van der Waals surface area contributed by atoms with Gasteiger partial charge in [0.2, 0.25) is 5.91 Å². The summed E-state index contributed by atoms with van der Waals surface area (Å²) in [6, 6.07) is 6.76. The normalized spacial score (nSPS) is 8.67. The van der Waals surface area contributed by atoms with Crippen LogP contribution in [0.5, 0.6) is 0 Å². The number of amides is 2. The van der Waals surface area contributed by atoms with Crippen molar-refractivity contribution in [2.45, 2.75) is 27.7 Å². The minimum atomic E-state index is -0.491. The van der Waals surface area contributed by atoms with Crippen molar-refractivity contribution in [3.8, 4) is 0 Å². The van der Waals surface area contributed by atoms with Crippen molar-refractivity contribution in [2.75, 3.05) is 17.2 Å². The van der Waals surface area contributed by atoms with Gasteiger partial charge in [-0.2, -0.15) is 0 Å². The van der Waals surface area contributed by atoms with E-state index in [0.29, 0.717) is 18.0 Å². The SMILES string of the molecule is CC.CCOC(=O)Nc1ccc(NC(C)=O)cc1. The van der Waals surface area contributed by atoms with Gasteiger partial charge in [-0.05, 0) is 31.2 Å². The van der Waals surface area contributed by atoms with E-state index in [4.69, 9.17) is 4.74 Å². The smallest absolute Gasteiger partial charge is 0.411 e. The van der Waals surface area contributed by atoms with E-state index in [2.05, 4.69) is 10.6 Å². The maximum Gasteiger partial charge on any atom is 0.411 e. The number of hydrogen-bond acceptors (Lipinski definition) is 3. The Kier molecular flexibility index (Phi) is 8.01. The van der Waals surface area contributed by atoms with Gasteiger partial charge in [-0.25, -0.2) is 4.79 Å². The maximum absolute atomic E-state index is 11.1. The van der Waals surface area contributed by atoms with Crippen LogP contribution in [0.25, 0.3) is 0 Å². The van der Waals surface area contributed by atoms with Crippen LogP contribution < -0.4 is 10.6 Å². The predicted molar refractivity (Wildman–Crippen MR) is 72.7 cm³/mol. The molecule has 0 saturated heterocycles. The molecule has 0 aliphatic rings. The van der Waals surface area contributed by atoms with Crippen LogP contribution in [0.15, 0.2) is 24.3 Å². The largest absolute Gasteiger partial charge is 0.450 e. The second kappa shape index (κ2) is 9.04. The molecule has 0 heterocycles. The van der Waals surface area contributed by atoms with Crippen molar-refractivity contribution in [3.63, 3.8) is 0 Å². The number of carbonyl (C=O) groups is 2. The summed E-state index contributed by atoms with van der Waals surface area (Å²) >= 11 is 0. The first kappa shape index (κ1) is 16.0. The number of hydrogen-bond donors (Lipinski definition) is 2. The lowest BCUT2D eigenvalue weighted by Gasteiger charge is -2.06. The Morgan fingerprint density at radius 2 is 1.50 bits per heavy atom. The third kappa shape index (κ3) is 6.52. The molecule has 0 spiro atoms. The molecule has 1 rings (SSSR count). The molecule has 0 saturated carbocycles. The molecule has 0 fully saturated rings. The van der Waals surface area contributed by atoms with E-state index in [-0.39, 0.29) is 5.91 Å². The molecule has 0 aromatic heterocycles. The first-order chi connectivity index (χ1) is 8.61. The molecule has 2 N–H and O–H groups in total. The highest BCUT2D eigenvalue weighted by Crippen LogP contribution is 2.13. The van der Waals surface area contributed by atoms with E-state index in [1.165, 1.54) is 6.92 Å². The van der Waals surface area contributed by atoms with Crippen LogP contribution in [-0.2, 0) is 9.53 Å². The van der Waals surface area contributed by atoms with E-state index in [1.807, 2.05) is 13.8 Å². The maximum atomic E-state index is 11.1. The summed E-state index contributed by atoms with van der Waals surface area (Å²) in [7, 11) is 0. The molecule has 1 aromatic rings. The van der Waals surface area contributed by atoms with Gasteiger partial charge in [-0.15, -0.1) is 0 Å². The molecular weight excluding hydrogens is 232 g/mol. The highest BCUT2D eigenvalue weighted by atomic mass is 16.5. The molecule has 5 heteroatoms. The number of rotatable bonds is 3. The fourth-order valence-corrected chi connectivity index (χ4v) is 1.13. The molecule has 2 amide bonds. The Hall–Kier alpha value is -2.04. The van der Waals surface area contributed by atoms with E-state index in [0.717, 1.165) is 0 Å². The fourth-order valence-electron chi connectivity index (χ4n) is 1.13. The number of carbonyl (C=O) groups excluding carboxylic acids is 2. The van der Waals surface area contributed by atoms with Crippen LogP contribution >= 0.6 is 0 Å². The highest BCUT2D eigenvalue weighted by Gasteiger charge is 2.01. The summed E-state index contributed by atoms with van der Waals surface area (Å²) in [5.41, 5.74) is 1.30. The van der Waals surface area contributed by atoms with Crippen LogP contribution in [0, 0.1) is 0 Å². The summed E-state index contributed by atoms with van der Waals surface area (Å²) in [6.45, 7) is 7.50. The molecule has 0 atom stereocenters. The number of nitrogens with one attached hydrogen (secondary N) is 2. The average Bonchev–Trinajstić information content (AvgIpc) is 2.34. The molecule has 0 aliphatic heterocycles. The molecule has 0 radical (unpaired) electrons. The first-order valence-corrected chi connectivity index (χ1v) is 5.93. The third-order valence-corrected chi connectivity index (χ3v) is 1.73. The Labute approximate surface area is 108 Å². The predicted octanol–water partition coefficient (Wildman–Crippen LogP) is 3.24. The van der Waals surface area contributed by atoms with Gasteiger partial charge in [0.1, 0.15) is 0 Å². The van der Waals surface area contributed by atoms with Crippen LogP contribution in [0.4, 0.5) is 16.2 Å². The Balaban J connectivity index is 0.00000137. The van der Waals surface area contributed by atoms with Crippen molar-refractivity contribution < 1.29 is 14.3 Å². The van der Waals surface area contributed by atoms with Crippen LogP contribution in [0.1, 0.15) is 27.7 Å². The van der Waals surface area contributed by atoms with Gasteiger partial charge in [-0.3, -0.25) is 10.1 Å². The summed E-state index contributed by atoms with van der Waals surface area (Å²) in [5, 5.41) is 5.18. The van der Waals surface area contributed by atoms with E-state index in [9.17, 15) is 9.59 Å². The van der Waals surface area contributed by atoms with Crippen LogP contribution in [0.3, 0.4) is 0 Å². The molecule has 100 valence electrons. The average molecular weight is 252 g/mol. The van der Waals surface area contributed by atoms with Crippen molar-refractivity contribution in [2.24, 2.45) is 0 Å². The third-order valence-electron chi connectivity index (χ3n) is 1.73. The molecule has 0 unspecified atom stereocenters. The molecule has 0 aliphatic carbocycles. The van der Waals surface area contributed by atoms with Gasteiger partial charge in [-0.1, -0.05) is 13.8 Å². The molecule has 18 heavy (non-hydrogen) atoms. The Morgan fingerprint density at radius 1 is 1.06 bits per heavy atom. The lowest BCUT2D eigenvalue weighted by molar-refractivity contribution is -0.114. The van der Waals surface area contributed by atoms with Crippen molar-refractivity contribution >= 4 is 23.4 Å². The van der Waals surface area contributed by atoms with Crippen LogP contribution in [-0.4, -0.2) is 18.6 Å². The van der Waals surface area contributed by atoms with Gasteiger partial charge in [0.05, 0.1) is 6.61 Å². The van der Waals surface area contributed by atoms with Crippen molar-refractivity contribution in [3.05, 3.63) is 24.3 Å². The van der Waals surface area contributed by atoms with E-state index < -0.39 is 6.09 Å². The summed E-state index contributed by atoms with van der Waals surface area (Å²) in [5.74, 6) is -0.133. The van der Waals surface area contributed by atoms with Gasteiger partial charge in [0, 0.05) is 18.3 Å². The second-order valence-corrected chi connectivity index (χ2v) is 3.10. The fraction of sp³-hybridized carbons (Fsp3) is 0.385. The second-order valence-electron chi connectivity index (χ2n) is 3.10. The zero-order valence-electron chi connectivity index (χ0n) is 11.2. The zero-order valence-corrected chi connectivity index (χ0v) is 11.2. The van der Waals surface area contributed by atoms with Gasteiger partial charge >= 0.3 is 6.09 Å².